The van der Waals surface area contributed by atoms with E-state index in [1.165, 1.54) is 19.6 Å². The molecular formula is C24H28ClN3O4S. The second kappa shape index (κ2) is 11.0. The van der Waals surface area contributed by atoms with E-state index in [2.05, 4.69) is 27.6 Å². The van der Waals surface area contributed by atoms with Crippen LogP contribution in [0.5, 0.6) is 0 Å². The second-order valence-electron chi connectivity index (χ2n) is 8.11. The van der Waals surface area contributed by atoms with E-state index in [1.54, 1.807) is 24.3 Å². The number of hydrogen-bond donors (Lipinski definition) is 2. The maximum Gasteiger partial charge on any atom is 0.331 e. The van der Waals surface area contributed by atoms with Crippen molar-refractivity contribution >= 4 is 47.7 Å². The highest BCUT2D eigenvalue weighted by Crippen LogP contribution is 2.20. The average Bonchev–Trinajstić information content (AvgIpc) is 2.83. The second-order valence-corrected chi connectivity index (χ2v) is 9.44. The van der Waals surface area contributed by atoms with E-state index >= 15 is 0 Å². The van der Waals surface area contributed by atoms with Gasteiger partial charge in [0, 0.05) is 49.0 Å². The van der Waals surface area contributed by atoms with Crippen molar-refractivity contribution in [3.63, 3.8) is 0 Å². The third-order valence-electron chi connectivity index (χ3n) is 5.70. The molecule has 0 aliphatic carbocycles. The summed E-state index contributed by atoms with van der Waals surface area (Å²) >= 11 is 10.0. The zero-order valence-corrected chi connectivity index (χ0v) is 20.4. The molecule has 1 saturated heterocycles. The van der Waals surface area contributed by atoms with E-state index in [0.717, 1.165) is 31.1 Å². The van der Waals surface area contributed by atoms with Crippen LogP contribution in [0.1, 0.15) is 22.8 Å². The molecule has 33 heavy (non-hydrogen) atoms. The Balaban J connectivity index is 1.49. The van der Waals surface area contributed by atoms with Gasteiger partial charge in [0.15, 0.2) is 4.75 Å². The molecule has 1 aliphatic rings. The Kier molecular flexibility index (Phi) is 8.40. The van der Waals surface area contributed by atoms with Gasteiger partial charge < -0.3 is 15.0 Å². The van der Waals surface area contributed by atoms with E-state index in [0.29, 0.717) is 24.3 Å². The lowest BCUT2D eigenvalue weighted by Crippen LogP contribution is -2.49. The van der Waals surface area contributed by atoms with Crippen molar-refractivity contribution in [3.05, 3.63) is 64.7 Å². The Morgan fingerprint density at radius 3 is 2.21 bits per heavy atom. The van der Waals surface area contributed by atoms with Crippen LogP contribution in [0.3, 0.4) is 0 Å². The highest BCUT2D eigenvalue weighted by Gasteiger charge is 2.38. The van der Waals surface area contributed by atoms with Gasteiger partial charge in [-0.25, -0.2) is 0 Å². The predicted molar refractivity (Wildman–Crippen MR) is 132 cm³/mol. The summed E-state index contributed by atoms with van der Waals surface area (Å²) in [7, 11) is 1.20. The molecule has 0 spiro atoms. The van der Waals surface area contributed by atoms with E-state index in [4.69, 9.17) is 11.6 Å². The number of halogens is 1. The van der Waals surface area contributed by atoms with Crippen molar-refractivity contribution in [2.24, 2.45) is 0 Å². The molecule has 1 unspecified atom stereocenters. The molecular weight excluding hydrogens is 462 g/mol. The molecule has 1 heterocycles. The minimum Gasteiger partial charge on any atom is -0.468 e. The molecule has 176 valence electrons. The van der Waals surface area contributed by atoms with Gasteiger partial charge in [-0.05, 0) is 55.3 Å². The topological polar surface area (TPSA) is 78.9 Å². The number of ether oxygens (including phenoxy) is 1. The van der Waals surface area contributed by atoms with Crippen molar-refractivity contribution in [1.29, 1.82) is 0 Å². The number of piperazine rings is 1. The van der Waals surface area contributed by atoms with Crippen LogP contribution >= 0.6 is 24.2 Å². The fourth-order valence-electron chi connectivity index (χ4n) is 3.54. The van der Waals surface area contributed by atoms with Gasteiger partial charge in [-0.15, -0.1) is 0 Å². The van der Waals surface area contributed by atoms with E-state index in [9.17, 15) is 14.4 Å². The third-order valence-corrected chi connectivity index (χ3v) is 6.34. The molecule has 2 amide bonds. The van der Waals surface area contributed by atoms with Gasteiger partial charge in [-0.3, -0.25) is 19.3 Å². The molecule has 3 rings (SSSR count). The Labute approximate surface area is 204 Å². The number of esters is 1. The predicted octanol–water partition coefficient (Wildman–Crippen LogP) is 3.14. The molecule has 2 aromatic rings. The minimum absolute atomic E-state index is 0.0428. The van der Waals surface area contributed by atoms with Crippen LogP contribution in [0.25, 0.3) is 0 Å². The Morgan fingerprint density at radius 1 is 1.03 bits per heavy atom. The Bertz CT molecular complexity index is 988. The molecule has 0 radical (unpaired) electrons. The number of anilines is 1. The summed E-state index contributed by atoms with van der Waals surface area (Å²) in [6, 6.07) is 14.5. The zero-order valence-electron chi connectivity index (χ0n) is 18.7. The SMILES string of the molecule is COC(=O)C(C)(S)C(=O)Nc1ccc(C(=O)N2CCN(CCc3ccc(Cl)cc3)CC2)cc1. The summed E-state index contributed by atoms with van der Waals surface area (Å²) in [6.07, 6.45) is 0.944. The third kappa shape index (κ3) is 6.50. The van der Waals surface area contributed by atoms with Crippen molar-refractivity contribution in [2.75, 3.05) is 45.2 Å². The van der Waals surface area contributed by atoms with Crippen molar-refractivity contribution in [3.8, 4) is 0 Å². The van der Waals surface area contributed by atoms with Gasteiger partial charge in [-0.2, -0.15) is 12.6 Å². The Hall–Kier alpha value is -2.55. The quantitative estimate of drug-likeness (QED) is 0.355. The summed E-state index contributed by atoms with van der Waals surface area (Å²) in [5.41, 5.74) is 2.26. The minimum atomic E-state index is -1.61. The van der Waals surface area contributed by atoms with Crippen molar-refractivity contribution in [1.82, 2.24) is 9.80 Å². The lowest BCUT2D eigenvalue weighted by atomic mass is 10.1. The summed E-state index contributed by atoms with van der Waals surface area (Å²) < 4.78 is 2.99. The smallest absolute Gasteiger partial charge is 0.331 e. The van der Waals surface area contributed by atoms with Gasteiger partial charge in [0.1, 0.15) is 0 Å². The average molecular weight is 490 g/mol. The van der Waals surface area contributed by atoms with Gasteiger partial charge in [0.25, 0.3) is 11.8 Å². The molecule has 2 aromatic carbocycles. The van der Waals surface area contributed by atoms with Crippen LogP contribution in [-0.4, -0.2) is 72.2 Å². The van der Waals surface area contributed by atoms with Crippen molar-refractivity contribution in [2.45, 2.75) is 18.1 Å². The van der Waals surface area contributed by atoms with Crippen LogP contribution in [0.2, 0.25) is 5.02 Å². The fourth-order valence-corrected chi connectivity index (χ4v) is 3.81. The fraction of sp³-hybridized carbons (Fsp3) is 0.375. The van der Waals surface area contributed by atoms with Crippen molar-refractivity contribution < 1.29 is 19.1 Å². The zero-order chi connectivity index (χ0) is 24.0. The van der Waals surface area contributed by atoms with Gasteiger partial charge in [-0.1, -0.05) is 23.7 Å². The van der Waals surface area contributed by atoms with E-state index in [-0.39, 0.29) is 5.91 Å². The number of hydrogen-bond acceptors (Lipinski definition) is 6. The van der Waals surface area contributed by atoms with Crippen LogP contribution in [-0.2, 0) is 20.7 Å². The number of rotatable bonds is 7. The first-order chi connectivity index (χ1) is 15.7. The van der Waals surface area contributed by atoms with E-state index < -0.39 is 16.6 Å². The molecule has 0 saturated carbocycles. The highest BCUT2D eigenvalue weighted by atomic mass is 35.5. The first-order valence-corrected chi connectivity index (χ1v) is 11.5. The van der Waals surface area contributed by atoms with Gasteiger partial charge in [0.05, 0.1) is 7.11 Å². The van der Waals surface area contributed by atoms with Crippen LogP contribution in [0.15, 0.2) is 48.5 Å². The summed E-state index contributed by atoms with van der Waals surface area (Å²) in [5.74, 6) is -1.40. The van der Waals surface area contributed by atoms with Crippen LogP contribution < -0.4 is 5.32 Å². The number of benzene rings is 2. The molecule has 1 fully saturated rings. The molecule has 7 nitrogen and oxygen atoms in total. The Morgan fingerprint density at radius 2 is 1.64 bits per heavy atom. The molecule has 1 aliphatic heterocycles. The first-order valence-electron chi connectivity index (χ1n) is 10.7. The normalized spacial score (nSPS) is 16.1. The van der Waals surface area contributed by atoms with Gasteiger partial charge >= 0.3 is 5.97 Å². The lowest BCUT2D eigenvalue weighted by Gasteiger charge is -2.34. The standard InChI is InChI=1S/C24H28ClN3O4S/c1-24(33,23(31)32-2)22(30)26-20-9-5-18(6-10-20)21(29)28-15-13-27(14-16-28)12-11-17-3-7-19(25)8-4-17/h3-10,33H,11-16H2,1-2H3,(H,26,30). The summed E-state index contributed by atoms with van der Waals surface area (Å²) in [6.45, 7) is 5.27. The number of nitrogens with zero attached hydrogens (tertiary/aromatic N) is 2. The summed E-state index contributed by atoms with van der Waals surface area (Å²) in [5, 5.41) is 3.36. The highest BCUT2D eigenvalue weighted by molar-refractivity contribution is 7.83. The molecule has 9 heteroatoms. The summed E-state index contributed by atoms with van der Waals surface area (Å²) in [4.78, 5) is 41.1. The maximum absolute atomic E-state index is 12.9. The van der Waals surface area contributed by atoms with Crippen LogP contribution in [0, 0.1) is 0 Å². The van der Waals surface area contributed by atoms with Gasteiger partial charge in [0.2, 0.25) is 0 Å². The van der Waals surface area contributed by atoms with E-state index in [1.807, 2.05) is 29.2 Å². The number of methoxy groups -OCH3 is 1. The monoisotopic (exact) mass is 489 g/mol. The number of nitrogens with one attached hydrogen (secondary N) is 1. The number of amides is 2. The largest absolute Gasteiger partial charge is 0.468 e. The molecule has 1 N–H and O–H groups in total. The first kappa shape index (κ1) is 25.1. The maximum atomic E-state index is 12.9. The molecule has 0 aromatic heterocycles. The number of thiol groups is 1. The lowest BCUT2D eigenvalue weighted by molar-refractivity contribution is -0.145. The van der Waals surface area contributed by atoms with Crippen LogP contribution in [0.4, 0.5) is 5.69 Å². The molecule has 1 atom stereocenters. The number of carbonyl (C=O) groups excluding carboxylic acids is 3. The molecule has 0 bridgehead atoms. The number of carbonyl (C=O) groups is 3.